The van der Waals surface area contributed by atoms with Gasteiger partial charge in [0.2, 0.25) is 0 Å². The largest absolute Gasteiger partial charge is 0.497 e. The Morgan fingerprint density at radius 1 is 1.26 bits per heavy atom. The van der Waals surface area contributed by atoms with E-state index in [-0.39, 0.29) is 0 Å². The highest BCUT2D eigenvalue weighted by atomic mass is 16.5. The van der Waals surface area contributed by atoms with Crippen LogP contribution in [0.5, 0.6) is 11.5 Å². The molecule has 0 aliphatic carbocycles. The van der Waals surface area contributed by atoms with Crippen molar-refractivity contribution < 1.29 is 9.47 Å². The second-order valence-corrected chi connectivity index (χ2v) is 4.16. The molecule has 2 aromatic rings. The maximum atomic E-state index is 5.82. The lowest BCUT2D eigenvalue weighted by Crippen LogP contribution is -2.06. The van der Waals surface area contributed by atoms with Crippen LogP contribution < -0.4 is 15.2 Å². The Morgan fingerprint density at radius 3 is 2.84 bits per heavy atom. The van der Waals surface area contributed by atoms with Gasteiger partial charge in [-0.3, -0.25) is 4.98 Å². The Bertz CT molecular complexity index is 515. The summed E-state index contributed by atoms with van der Waals surface area (Å²) < 4.78 is 11.0. The van der Waals surface area contributed by atoms with Crippen LogP contribution in [0.15, 0.2) is 42.7 Å². The molecule has 0 bridgehead atoms. The molecule has 100 valence electrons. The van der Waals surface area contributed by atoms with Crippen LogP contribution in [0.4, 0.5) is 0 Å². The molecule has 1 heterocycles. The number of hydrogen-bond acceptors (Lipinski definition) is 4. The SMILES string of the molecule is COc1ccc(OCc2cccnc2)c(CCN)c1. The molecule has 0 fully saturated rings. The molecule has 0 saturated heterocycles. The molecule has 0 radical (unpaired) electrons. The fourth-order valence-electron chi connectivity index (χ4n) is 1.82. The zero-order chi connectivity index (χ0) is 13.5. The van der Waals surface area contributed by atoms with Gasteiger partial charge >= 0.3 is 0 Å². The van der Waals surface area contributed by atoms with Crippen molar-refractivity contribution in [3.05, 3.63) is 53.9 Å². The molecule has 1 aromatic carbocycles. The fraction of sp³-hybridized carbons (Fsp3) is 0.267. The van der Waals surface area contributed by atoms with Gasteiger partial charge in [-0.1, -0.05) is 6.07 Å². The first kappa shape index (κ1) is 13.4. The monoisotopic (exact) mass is 258 g/mol. The molecular formula is C15H18N2O2. The van der Waals surface area contributed by atoms with E-state index in [1.807, 2.05) is 30.3 Å². The molecule has 4 nitrogen and oxygen atoms in total. The molecule has 0 aliphatic heterocycles. The van der Waals surface area contributed by atoms with Crippen molar-refractivity contribution >= 4 is 0 Å². The normalized spacial score (nSPS) is 10.2. The fourth-order valence-corrected chi connectivity index (χ4v) is 1.82. The van der Waals surface area contributed by atoms with Gasteiger partial charge in [0.25, 0.3) is 0 Å². The number of rotatable bonds is 6. The van der Waals surface area contributed by atoms with E-state index in [9.17, 15) is 0 Å². The molecule has 1 aromatic heterocycles. The lowest BCUT2D eigenvalue weighted by molar-refractivity contribution is 0.301. The molecule has 0 aliphatic rings. The molecule has 0 spiro atoms. The average molecular weight is 258 g/mol. The minimum atomic E-state index is 0.498. The third-order valence-corrected chi connectivity index (χ3v) is 2.80. The summed E-state index contributed by atoms with van der Waals surface area (Å²) in [6.45, 7) is 1.08. The lowest BCUT2D eigenvalue weighted by atomic mass is 10.1. The van der Waals surface area contributed by atoms with E-state index < -0.39 is 0 Å². The number of nitrogens with zero attached hydrogens (tertiary/aromatic N) is 1. The van der Waals surface area contributed by atoms with Crippen LogP contribution >= 0.6 is 0 Å². The summed E-state index contributed by atoms with van der Waals surface area (Å²) in [4.78, 5) is 4.06. The van der Waals surface area contributed by atoms with E-state index in [1.165, 1.54) is 0 Å². The first-order valence-electron chi connectivity index (χ1n) is 6.22. The van der Waals surface area contributed by atoms with Crippen LogP contribution in [0.1, 0.15) is 11.1 Å². The maximum absolute atomic E-state index is 5.82. The van der Waals surface area contributed by atoms with Crippen LogP contribution in [0.25, 0.3) is 0 Å². The van der Waals surface area contributed by atoms with E-state index in [1.54, 1.807) is 19.5 Å². The summed E-state index contributed by atoms with van der Waals surface area (Å²) >= 11 is 0. The third-order valence-electron chi connectivity index (χ3n) is 2.80. The van der Waals surface area contributed by atoms with Gasteiger partial charge in [-0.15, -0.1) is 0 Å². The van der Waals surface area contributed by atoms with E-state index in [4.69, 9.17) is 15.2 Å². The molecular weight excluding hydrogens is 240 g/mol. The Balaban J connectivity index is 2.10. The van der Waals surface area contributed by atoms with Crippen LogP contribution in [0.2, 0.25) is 0 Å². The van der Waals surface area contributed by atoms with Crippen LogP contribution in [-0.2, 0) is 13.0 Å². The van der Waals surface area contributed by atoms with Crippen molar-refractivity contribution in [1.82, 2.24) is 4.98 Å². The second-order valence-electron chi connectivity index (χ2n) is 4.16. The number of aromatic nitrogens is 1. The Morgan fingerprint density at radius 2 is 2.16 bits per heavy atom. The topological polar surface area (TPSA) is 57.4 Å². The summed E-state index contributed by atoms with van der Waals surface area (Å²) in [6.07, 6.45) is 4.31. The first-order valence-corrected chi connectivity index (χ1v) is 6.22. The minimum absolute atomic E-state index is 0.498. The first-order chi connectivity index (χ1) is 9.33. The van der Waals surface area contributed by atoms with E-state index in [0.717, 1.165) is 29.0 Å². The Hall–Kier alpha value is -2.07. The van der Waals surface area contributed by atoms with Gasteiger partial charge < -0.3 is 15.2 Å². The van der Waals surface area contributed by atoms with Crippen molar-refractivity contribution in [2.24, 2.45) is 5.73 Å². The quantitative estimate of drug-likeness (QED) is 0.862. The van der Waals surface area contributed by atoms with Crippen molar-refractivity contribution in [1.29, 1.82) is 0 Å². The smallest absolute Gasteiger partial charge is 0.123 e. The standard InChI is InChI=1S/C15H18N2O2/c1-18-14-4-5-15(13(9-14)6-7-16)19-11-12-3-2-8-17-10-12/h2-5,8-10H,6-7,11,16H2,1H3. The van der Waals surface area contributed by atoms with Crippen LogP contribution in [-0.4, -0.2) is 18.6 Å². The lowest BCUT2D eigenvalue weighted by Gasteiger charge is -2.12. The minimum Gasteiger partial charge on any atom is -0.497 e. The van der Waals surface area contributed by atoms with Crippen molar-refractivity contribution in [2.45, 2.75) is 13.0 Å². The maximum Gasteiger partial charge on any atom is 0.123 e. The summed E-state index contributed by atoms with van der Waals surface area (Å²) in [6, 6.07) is 9.65. The number of nitrogens with two attached hydrogens (primary N) is 1. The number of benzene rings is 1. The predicted molar refractivity (Wildman–Crippen MR) is 74.3 cm³/mol. The number of ether oxygens (including phenoxy) is 2. The van der Waals surface area contributed by atoms with Gasteiger partial charge in [-0.05, 0) is 42.8 Å². The highest BCUT2D eigenvalue weighted by molar-refractivity contribution is 5.40. The van der Waals surface area contributed by atoms with Gasteiger partial charge in [-0.25, -0.2) is 0 Å². The zero-order valence-corrected chi connectivity index (χ0v) is 11.0. The van der Waals surface area contributed by atoms with Crippen molar-refractivity contribution in [3.63, 3.8) is 0 Å². The van der Waals surface area contributed by atoms with Gasteiger partial charge in [-0.2, -0.15) is 0 Å². The summed E-state index contributed by atoms with van der Waals surface area (Å²) in [5.41, 5.74) is 7.72. The Kier molecular flexibility index (Phi) is 4.75. The van der Waals surface area contributed by atoms with E-state index in [2.05, 4.69) is 4.98 Å². The Labute approximate surface area is 113 Å². The molecule has 0 atom stereocenters. The van der Waals surface area contributed by atoms with Gasteiger partial charge in [0.1, 0.15) is 18.1 Å². The van der Waals surface area contributed by atoms with Crippen LogP contribution in [0.3, 0.4) is 0 Å². The molecule has 0 amide bonds. The average Bonchev–Trinajstić information content (AvgIpc) is 2.47. The summed E-state index contributed by atoms with van der Waals surface area (Å²) in [7, 11) is 1.65. The van der Waals surface area contributed by atoms with Gasteiger partial charge in [0.15, 0.2) is 0 Å². The van der Waals surface area contributed by atoms with Crippen molar-refractivity contribution in [2.75, 3.05) is 13.7 Å². The molecule has 0 unspecified atom stereocenters. The summed E-state index contributed by atoms with van der Waals surface area (Å²) in [5, 5.41) is 0. The zero-order valence-electron chi connectivity index (χ0n) is 11.0. The van der Waals surface area contributed by atoms with Gasteiger partial charge in [0.05, 0.1) is 7.11 Å². The molecule has 4 heteroatoms. The van der Waals surface area contributed by atoms with Crippen molar-refractivity contribution in [3.8, 4) is 11.5 Å². The number of pyridine rings is 1. The summed E-state index contributed by atoms with van der Waals surface area (Å²) in [5.74, 6) is 1.66. The highest BCUT2D eigenvalue weighted by Gasteiger charge is 2.05. The van der Waals surface area contributed by atoms with E-state index in [0.29, 0.717) is 13.2 Å². The van der Waals surface area contributed by atoms with Gasteiger partial charge in [0, 0.05) is 18.0 Å². The van der Waals surface area contributed by atoms with Crippen LogP contribution in [0, 0.1) is 0 Å². The molecule has 0 saturated carbocycles. The number of methoxy groups -OCH3 is 1. The second kappa shape index (κ2) is 6.75. The molecule has 2 rings (SSSR count). The number of hydrogen-bond donors (Lipinski definition) is 1. The predicted octanol–water partition coefficient (Wildman–Crippen LogP) is 2.17. The molecule has 2 N–H and O–H groups in total. The molecule has 19 heavy (non-hydrogen) atoms. The third kappa shape index (κ3) is 3.69. The van der Waals surface area contributed by atoms with E-state index >= 15 is 0 Å². The highest BCUT2D eigenvalue weighted by Crippen LogP contribution is 2.25.